The van der Waals surface area contributed by atoms with Crippen LogP contribution < -0.4 is 9.80 Å². The maximum Gasteiger partial charge on any atom is 0.228 e. The van der Waals surface area contributed by atoms with Gasteiger partial charge in [0.1, 0.15) is 0 Å². The van der Waals surface area contributed by atoms with Gasteiger partial charge in [0.25, 0.3) is 0 Å². The van der Waals surface area contributed by atoms with Crippen LogP contribution in [0.4, 0.5) is 11.6 Å². The van der Waals surface area contributed by atoms with E-state index in [4.69, 9.17) is 4.42 Å². The number of nitrogens with zero attached hydrogens (tertiary/aromatic N) is 6. The quantitative estimate of drug-likeness (QED) is 0.508. The summed E-state index contributed by atoms with van der Waals surface area (Å²) in [5.74, 6) is 1.67. The average molecular weight is 374 g/mol. The second kappa shape index (κ2) is 6.80. The van der Waals surface area contributed by atoms with Gasteiger partial charge in [-0.15, -0.1) is 5.10 Å². The van der Waals surface area contributed by atoms with Crippen LogP contribution in [0.2, 0.25) is 0 Å². The van der Waals surface area contributed by atoms with E-state index < -0.39 is 0 Å². The van der Waals surface area contributed by atoms with Gasteiger partial charge in [0, 0.05) is 38.1 Å². The van der Waals surface area contributed by atoms with Crippen molar-refractivity contribution in [1.82, 2.24) is 19.6 Å². The summed E-state index contributed by atoms with van der Waals surface area (Å²) in [6, 6.07) is 13.9. The molecule has 4 heterocycles. The van der Waals surface area contributed by atoms with Crippen molar-refractivity contribution < 1.29 is 9.21 Å². The highest BCUT2D eigenvalue weighted by Gasteiger charge is 2.23. The first-order chi connectivity index (χ1) is 13.8. The van der Waals surface area contributed by atoms with Crippen molar-refractivity contribution in [3.63, 3.8) is 0 Å². The predicted octanol–water partition coefficient (Wildman–Crippen LogP) is 2.52. The lowest BCUT2D eigenvalue weighted by Crippen LogP contribution is -2.47. The Morgan fingerprint density at radius 2 is 1.75 bits per heavy atom. The van der Waals surface area contributed by atoms with Crippen molar-refractivity contribution in [2.75, 3.05) is 36.0 Å². The van der Waals surface area contributed by atoms with Crippen molar-refractivity contribution in [3.05, 3.63) is 60.5 Å². The minimum Gasteiger partial charge on any atom is -0.461 e. The zero-order chi connectivity index (χ0) is 18.9. The van der Waals surface area contributed by atoms with Crippen LogP contribution in [-0.4, -0.2) is 52.0 Å². The molecule has 0 atom stereocenters. The molecule has 8 heteroatoms. The number of anilines is 2. The molecule has 0 aliphatic carbocycles. The number of piperazine rings is 1. The maximum absolute atomic E-state index is 11.4. The molecule has 0 unspecified atom stereocenters. The summed E-state index contributed by atoms with van der Waals surface area (Å²) in [6.07, 6.45) is 3.88. The Hall–Kier alpha value is -3.68. The highest BCUT2D eigenvalue weighted by Crippen LogP contribution is 2.23. The van der Waals surface area contributed by atoms with Gasteiger partial charge in [0.05, 0.1) is 11.8 Å². The Morgan fingerprint density at radius 1 is 0.964 bits per heavy atom. The van der Waals surface area contributed by atoms with Crippen LogP contribution in [-0.2, 0) is 0 Å². The highest BCUT2D eigenvalue weighted by atomic mass is 16.3. The van der Waals surface area contributed by atoms with Crippen molar-refractivity contribution in [2.45, 2.75) is 0 Å². The monoisotopic (exact) mass is 374 g/mol. The number of benzene rings is 1. The molecule has 1 aliphatic heterocycles. The molecule has 0 bridgehead atoms. The predicted molar refractivity (Wildman–Crippen MR) is 105 cm³/mol. The fraction of sp³-hybridized carbons (Fsp3) is 0.200. The van der Waals surface area contributed by atoms with E-state index in [9.17, 15) is 4.79 Å². The van der Waals surface area contributed by atoms with Gasteiger partial charge in [-0.05, 0) is 24.3 Å². The summed E-state index contributed by atoms with van der Waals surface area (Å²) >= 11 is 0. The van der Waals surface area contributed by atoms with Gasteiger partial charge in [-0.3, -0.25) is 4.79 Å². The second-order valence-corrected chi connectivity index (χ2v) is 6.59. The zero-order valence-corrected chi connectivity index (χ0v) is 15.1. The fourth-order valence-corrected chi connectivity index (χ4v) is 3.49. The second-order valence-electron chi connectivity index (χ2n) is 6.59. The van der Waals surface area contributed by atoms with Gasteiger partial charge in [-0.2, -0.15) is 4.52 Å². The Bertz CT molecular complexity index is 1100. The lowest BCUT2D eigenvalue weighted by molar-refractivity contribution is 0.112. The molecule has 0 saturated carbocycles. The molecular formula is C20H18N6O2. The Labute approximate surface area is 161 Å². The van der Waals surface area contributed by atoms with E-state index >= 15 is 0 Å². The minimum atomic E-state index is 0.400. The number of para-hydroxylation sites is 1. The molecule has 0 amide bonds. The summed E-state index contributed by atoms with van der Waals surface area (Å²) in [4.78, 5) is 25.0. The van der Waals surface area contributed by atoms with Crippen molar-refractivity contribution in [2.24, 2.45) is 0 Å². The van der Waals surface area contributed by atoms with E-state index in [1.165, 1.54) is 5.69 Å². The molecule has 5 rings (SSSR count). The van der Waals surface area contributed by atoms with Crippen LogP contribution in [0, 0.1) is 0 Å². The molecule has 0 spiro atoms. The molecule has 8 nitrogen and oxygen atoms in total. The SMILES string of the molecule is O=Cc1cnc(N2CCN(c3ccccc3)CC2)n2nc(-c3ccco3)nc12. The van der Waals surface area contributed by atoms with Gasteiger partial charge in [-0.1, -0.05) is 18.2 Å². The molecule has 140 valence electrons. The van der Waals surface area contributed by atoms with Crippen molar-refractivity contribution in [3.8, 4) is 11.6 Å². The molecule has 3 aromatic heterocycles. The third-order valence-corrected chi connectivity index (χ3v) is 4.93. The summed E-state index contributed by atoms with van der Waals surface area (Å²) < 4.78 is 7.04. The molecule has 0 radical (unpaired) electrons. The van der Waals surface area contributed by atoms with E-state index in [-0.39, 0.29) is 0 Å². The van der Waals surface area contributed by atoms with Crippen LogP contribution in [0.25, 0.3) is 17.2 Å². The van der Waals surface area contributed by atoms with E-state index in [0.29, 0.717) is 28.7 Å². The normalized spacial score (nSPS) is 14.6. The van der Waals surface area contributed by atoms with E-state index in [2.05, 4.69) is 49.1 Å². The topological polar surface area (TPSA) is 79.8 Å². The van der Waals surface area contributed by atoms with Gasteiger partial charge >= 0.3 is 0 Å². The molecule has 1 aromatic carbocycles. The number of furan rings is 1. The third kappa shape index (κ3) is 2.79. The molecule has 4 aromatic rings. The lowest BCUT2D eigenvalue weighted by Gasteiger charge is -2.36. The summed E-state index contributed by atoms with van der Waals surface area (Å²) in [7, 11) is 0. The molecule has 28 heavy (non-hydrogen) atoms. The van der Waals surface area contributed by atoms with Gasteiger partial charge in [0.15, 0.2) is 17.7 Å². The molecule has 0 N–H and O–H groups in total. The fourth-order valence-electron chi connectivity index (χ4n) is 3.49. The standard InChI is InChI=1S/C20H18N6O2/c27-14-15-13-21-20(26-19(15)22-18(23-26)17-7-4-12-28-17)25-10-8-24(9-11-25)16-5-2-1-3-6-16/h1-7,12-14H,8-11H2. The minimum absolute atomic E-state index is 0.400. The molecule has 1 aliphatic rings. The largest absolute Gasteiger partial charge is 0.461 e. The first-order valence-electron chi connectivity index (χ1n) is 9.13. The van der Waals surface area contributed by atoms with Crippen LogP contribution in [0.1, 0.15) is 10.4 Å². The van der Waals surface area contributed by atoms with Gasteiger partial charge < -0.3 is 14.2 Å². The Morgan fingerprint density at radius 3 is 2.46 bits per heavy atom. The number of aromatic nitrogens is 4. The van der Waals surface area contributed by atoms with Crippen LogP contribution in [0.15, 0.2) is 59.3 Å². The highest BCUT2D eigenvalue weighted by molar-refractivity contribution is 5.84. The number of rotatable bonds is 4. The van der Waals surface area contributed by atoms with E-state index in [1.54, 1.807) is 29.1 Å². The number of carbonyl (C=O) groups excluding carboxylic acids is 1. The summed E-state index contributed by atoms with van der Waals surface area (Å²) in [5.41, 5.74) is 2.10. The lowest BCUT2D eigenvalue weighted by atomic mass is 10.2. The average Bonchev–Trinajstić information content (AvgIpc) is 3.44. The number of carbonyl (C=O) groups is 1. The Kier molecular flexibility index (Phi) is 4.01. The van der Waals surface area contributed by atoms with Crippen molar-refractivity contribution >= 4 is 23.6 Å². The first kappa shape index (κ1) is 16.5. The van der Waals surface area contributed by atoms with Crippen LogP contribution in [0.5, 0.6) is 0 Å². The van der Waals surface area contributed by atoms with Crippen LogP contribution in [0.3, 0.4) is 0 Å². The molecular weight excluding hydrogens is 356 g/mol. The number of aldehydes is 1. The van der Waals surface area contributed by atoms with Gasteiger partial charge in [0.2, 0.25) is 11.8 Å². The first-order valence-corrected chi connectivity index (χ1v) is 9.13. The summed E-state index contributed by atoms with van der Waals surface area (Å²) in [6.45, 7) is 3.35. The number of hydrogen-bond donors (Lipinski definition) is 0. The Balaban J connectivity index is 1.47. The van der Waals surface area contributed by atoms with E-state index in [0.717, 1.165) is 32.5 Å². The third-order valence-electron chi connectivity index (χ3n) is 4.93. The van der Waals surface area contributed by atoms with Crippen molar-refractivity contribution in [1.29, 1.82) is 0 Å². The molecule has 1 saturated heterocycles. The van der Waals surface area contributed by atoms with Gasteiger partial charge in [-0.25, -0.2) is 9.97 Å². The summed E-state index contributed by atoms with van der Waals surface area (Å²) in [5, 5.41) is 4.55. The number of hydrogen-bond acceptors (Lipinski definition) is 7. The van der Waals surface area contributed by atoms with E-state index in [1.807, 2.05) is 6.07 Å². The number of fused-ring (bicyclic) bond motifs is 1. The zero-order valence-electron chi connectivity index (χ0n) is 15.1. The maximum atomic E-state index is 11.4. The molecule has 1 fully saturated rings. The van der Waals surface area contributed by atoms with Crippen LogP contribution >= 0.6 is 0 Å². The smallest absolute Gasteiger partial charge is 0.228 e.